The zero-order valence-corrected chi connectivity index (χ0v) is 17.1. The molecule has 0 aliphatic carbocycles. The van der Waals surface area contributed by atoms with E-state index in [1.807, 2.05) is 78.9 Å². The summed E-state index contributed by atoms with van der Waals surface area (Å²) in [5.41, 5.74) is 17.0. The van der Waals surface area contributed by atoms with Crippen molar-refractivity contribution in [1.82, 2.24) is 4.98 Å². The molecule has 0 radical (unpaired) electrons. The van der Waals surface area contributed by atoms with E-state index in [2.05, 4.69) is 4.98 Å². The summed E-state index contributed by atoms with van der Waals surface area (Å²) >= 11 is 0. The van der Waals surface area contributed by atoms with Crippen molar-refractivity contribution in [2.75, 3.05) is 5.73 Å². The highest BCUT2D eigenvalue weighted by atomic mass is 16.5. The molecule has 0 atom stereocenters. The van der Waals surface area contributed by atoms with Crippen molar-refractivity contribution in [3.8, 4) is 33.9 Å². The molecule has 6 heteroatoms. The van der Waals surface area contributed by atoms with Gasteiger partial charge in [0.25, 0.3) is 0 Å². The first-order valence-electron chi connectivity index (χ1n) is 10.0. The van der Waals surface area contributed by atoms with E-state index in [0.717, 1.165) is 27.8 Å². The fraction of sp³-hybridized carbons (Fsp3) is 0. The van der Waals surface area contributed by atoms with Crippen LogP contribution in [0.3, 0.4) is 0 Å². The van der Waals surface area contributed by atoms with E-state index >= 15 is 0 Å². The number of nitrogens with two attached hydrogens (primary N) is 2. The molecule has 0 aliphatic heterocycles. The molecule has 2 heterocycles. The number of rotatable bonds is 5. The number of furan rings is 1. The fourth-order valence-corrected chi connectivity index (χ4v) is 3.71. The third-order valence-corrected chi connectivity index (χ3v) is 5.26. The van der Waals surface area contributed by atoms with Gasteiger partial charge in [-0.3, -0.25) is 10.4 Å². The minimum Gasteiger partial charge on any atom is -0.464 e. The van der Waals surface area contributed by atoms with Crippen LogP contribution in [0.25, 0.3) is 33.4 Å². The minimum atomic E-state index is -0.116. The van der Waals surface area contributed by atoms with Crippen LogP contribution in [0.15, 0.2) is 95.7 Å². The normalized spacial score (nSPS) is 10.9. The van der Waals surface area contributed by atoms with Gasteiger partial charge >= 0.3 is 0 Å². The molecule has 0 fully saturated rings. The Hall–Kier alpha value is -4.58. The SMILES string of the molecule is N=C(N)c1c(-c2ccc(Oc3ccccc3)cc2)cnc(-c2ccc3occc3c2)c1N. The lowest BCUT2D eigenvalue weighted by molar-refractivity contribution is 0.483. The van der Waals surface area contributed by atoms with Crippen molar-refractivity contribution >= 4 is 22.5 Å². The monoisotopic (exact) mass is 420 g/mol. The van der Waals surface area contributed by atoms with Crippen LogP contribution >= 0.6 is 0 Å². The van der Waals surface area contributed by atoms with Gasteiger partial charge in [0.05, 0.1) is 23.2 Å². The number of pyridine rings is 1. The van der Waals surface area contributed by atoms with Gasteiger partial charge in [0.1, 0.15) is 22.9 Å². The zero-order chi connectivity index (χ0) is 22.1. The molecule has 0 bridgehead atoms. The number of nitrogens with zero attached hydrogens (tertiary/aromatic N) is 1. The number of ether oxygens (including phenoxy) is 1. The van der Waals surface area contributed by atoms with Crippen LogP contribution in [0.4, 0.5) is 5.69 Å². The van der Waals surface area contributed by atoms with E-state index in [9.17, 15) is 0 Å². The summed E-state index contributed by atoms with van der Waals surface area (Å²) in [5, 5.41) is 9.10. The summed E-state index contributed by atoms with van der Waals surface area (Å²) in [4.78, 5) is 4.61. The minimum absolute atomic E-state index is 0.116. The molecule has 0 saturated heterocycles. The molecule has 3 aromatic carbocycles. The summed E-state index contributed by atoms with van der Waals surface area (Å²) in [6.45, 7) is 0. The van der Waals surface area contributed by atoms with Crippen molar-refractivity contribution in [3.05, 3.63) is 96.9 Å². The van der Waals surface area contributed by atoms with Gasteiger partial charge in [0, 0.05) is 22.7 Å². The highest BCUT2D eigenvalue weighted by Gasteiger charge is 2.18. The topological polar surface area (TPSA) is 111 Å². The average molecular weight is 420 g/mol. The molecule has 32 heavy (non-hydrogen) atoms. The molecule has 0 amide bonds. The quantitative estimate of drug-likeness (QED) is 0.245. The van der Waals surface area contributed by atoms with E-state index in [0.29, 0.717) is 28.3 Å². The number of fused-ring (bicyclic) bond motifs is 1. The smallest absolute Gasteiger partial charge is 0.133 e. The third-order valence-electron chi connectivity index (χ3n) is 5.26. The van der Waals surface area contributed by atoms with Crippen LogP contribution in [0.5, 0.6) is 11.5 Å². The maximum absolute atomic E-state index is 8.15. The second kappa shape index (κ2) is 7.92. The van der Waals surface area contributed by atoms with Crippen molar-refractivity contribution in [2.45, 2.75) is 0 Å². The highest BCUT2D eigenvalue weighted by Crippen LogP contribution is 2.35. The van der Waals surface area contributed by atoms with Crippen LogP contribution in [0.1, 0.15) is 5.56 Å². The number of nitrogen functional groups attached to an aromatic ring is 2. The lowest BCUT2D eigenvalue weighted by Gasteiger charge is -2.15. The number of hydrogen-bond donors (Lipinski definition) is 3. The molecule has 5 rings (SSSR count). The summed E-state index contributed by atoms with van der Waals surface area (Å²) in [6.07, 6.45) is 3.34. The highest BCUT2D eigenvalue weighted by molar-refractivity contribution is 6.08. The summed E-state index contributed by atoms with van der Waals surface area (Å²) in [5.74, 6) is 1.35. The molecular formula is C26H20N4O2. The standard InChI is InChI=1S/C26H20N4O2/c27-24-23(26(28)29)21(15-30-25(24)18-8-11-22-17(14-18)12-13-31-22)16-6-9-20(10-7-16)32-19-4-2-1-3-5-19/h1-15H,27H2,(H3,28,29). The van der Waals surface area contributed by atoms with Gasteiger partial charge < -0.3 is 20.6 Å². The first-order chi connectivity index (χ1) is 15.6. The zero-order valence-electron chi connectivity index (χ0n) is 17.1. The van der Waals surface area contributed by atoms with E-state index < -0.39 is 0 Å². The predicted octanol–water partition coefficient (Wildman–Crippen LogP) is 5.82. The molecule has 5 aromatic rings. The third kappa shape index (κ3) is 3.54. The van der Waals surface area contributed by atoms with E-state index in [4.69, 9.17) is 26.0 Å². The van der Waals surface area contributed by atoms with Crippen molar-refractivity contribution in [2.24, 2.45) is 5.73 Å². The molecule has 6 nitrogen and oxygen atoms in total. The number of aromatic nitrogens is 1. The average Bonchev–Trinajstić information content (AvgIpc) is 3.28. The van der Waals surface area contributed by atoms with Gasteiger partial charge in [0.2, 0.25) is 0 Å². The van der Waals surface area contributed by atoms with Gasteiger partial charge in [-0.1, -0.05) is 30.3 Å². The van der Waals surface area contributed by atoms with E-state index in [1.54, 1.807) is 12.5 Å². The van der Waals surface area contributed by atoms with Crippen LogP contribution in [0, 0.1) is 5.41 Å². The maximum atomic E-state index is 8.15. The summed E-state index contributed by atoms with van der Waals surface area (Å²) in [7, 11) is 0. The largest absolute Gasteiger partial charge is 0.464 e. The lowest BCUT2D eigenvalue weighted by atomic mass is 9.96. The van der Waals surface area contributed by atoms with E-state index in [-0.39, 0.29) is 5.84 Å². The van der Waals surface area contributed by atoms with Gasteiger partial charge in [-0.25, -0.2) is 0 Å². The first kappa shape index (κ1) is 19.4. The molecule has 0 unspecified atom stereocenters. The van der Waals surface area contributed by atoms with Crippen molar-refractivity contribution < 1.29 is 9.15 Å². The number of hydrogen-bond acceptors (Lipinski definition) is 5. The van der Waals surface area contributed by atoms with Gasteiger partial charge in [0.15, 0.2) is 0 Å². The van der Waals surface area contributed by atoms with E-state index in [1.165, 1.54) is 0 Å². The number of para-hydroxylation sites is 1. The Morgan fingerprint density at radius 3 is 2.34 bits per heavy atom. The first-order valence-corrected chi connectivity index (χ1v) is 10.0. The van der Waals surface area contributed by atoms with Crippen molar-refractivity contribution in [3.63, 3.8) is 0 Å². The fourth-order valence-electron chi connectivity index (χ4n) is 3.71. The second-order valence-corrected chi connectivity index (χ2v) is 7.34. The Morgan fingerprint density at radius 1 is 0.875 bits per heavy atom. The van der Waals surface area contributed by atoms with Crippen molar-refractivity contribution in [1.29, 1.82) is 5.41 Å². The van der Waals surface area contributed by atoms with Gasteiger partial charge in [-0.2, -0.15) is 0 Å². The number of anilines is 1. The number of amidine groups is 1. The van der Waals surface area contributed by atoms with Gasteiger partial charge in [-0.05, 0) is 54.1 Å². The molecule has 0 spiro atoms. The molecular weight excluding hydrogens is 400 g/mol. The van der Waals surface area contributed by atoms with Crippen LogP contribution in [-0.2, 0) is 0 Å². The summed E-state index contributed by atoms with van der Waals surface area (Å²) < 4.78 is 11.3. The predicted molar refractivity (Wildman–Crippen MR) is 127 cm³/mol. The Labute approximate surface area is 184 Å². The lowest BCUT2D eigenvalue weighted by Crippen LogP contribution is -2.16. The molecule has 2 aromatic heterocycles. The Morgan fingerprint density at radius 2 is 1.59 bits per heavy atom. The maximum Gasteiger partial charge on any atom is 0.133 e. The van der Waals surface area contributed by atoms with Crippen LogP contribution in [0.2, 0.25) is 0 Å². The molecule has 0 saturated carbocycles. The Bertz CT molecular complexity index is 1420. The number of nitrogens with one attached hydrogen (secondary N) is 1. The molecule has 0 aliphatic rings. The second-order valence-electron chi connectivity index (χ2n) is 7.34. The molecule has 156 valence electrons. The Balaban J connectivity index is 1.53. The van der Waals surface area contributed by atoms with Crippen LogP contribution < -0.4 is 16.2 Å². The van der Waals surface area contributed by atoms with Gasteiger partial charge in [-0.15, -0.1) is 0 Å². The van der Waals surface area contributed by atoms with Crippen LogP contribution in [-0.4, -0.2) is 10.8 Å². The Kier molecular flexibility index (Phi) is 4.80. The molecule has 5 N–H and O–H groups in total. The number of benzene rings is 3. The summed E-state index contributed by atoms with van der Waals surface area (Å²) in [6, 6.07) is 24.7.